The zero-order valence-corrected chi connectivity index (χ0v) is 9.35. The average molecular weight is 234 g/mol. The van der Waals surface area contributed by atoms with Crippen molar-refractivity contribution in [3.8, 4) is 22.6 Å². The lowest BCUT2D eigenvalue weighted by Crippen LogP contribution is -1.95. The molecule has 3 aromatic rings. The van der Waals surface area contributed by atoms with E-state index in [0.29, 0.717) is 11.4 Å². The van der Waals surface area contributed by atoms with Crippen LogP contribution in [0, 0.1) is 6.20 Å². The van der Waals surface area contributed by atoms with Gasteiger partial charge in [0.1, 0.15) is 6.20 Å². The molecule has 3 heterocycles. The summed E-state index contributed by atoms with van der Waals surface area (Å²) in [6, 6.07) is 7.44. The zero-order valence-electron chi connectivity index (χ0n) is 9.35. The molecule has 3 aromatic heterocycles. The molecule has 1 radical (unpaired) electrons. The molecule has 0 N–H and O–H groups in total. The topological polar surface area (TPSA) is 64.5 Å². The van der Waals surface area contributed by atoms with E-state index in [4.69, 9.17) is 0 Å². The molecular formula is C13H8N5. The Morgan fingerprint density at radius 3 is 2.50 bits per heavy atom. The van der Waals surface area contributed by atoms with Gasteiger partial charge in [0.05, 0.1) is 17.5 Å². The highest BCUT2D eigenvalue weighted by atomic mass is 15.1. The van der Waals surface area contributed by atoms with Crippen molar-refractivity contribution in [1.29, 1.82) is 0 Å². The number of hydrogen-bond donors (Lipinski definition) is 0. The van der Waals surface area contributed by atoms with Crippen LogP contribution in [-0.4, -0.2) is 25.1 Å². The summed E-state index contributed by atoms with van der Waals surface area (Å²) >= 11 is 0. The molecule has 0 atom stereocenters. The number of rotatable bonds is 2. The Hall–Kier alpha value is -2.69. The van der Waals surface area contributed by atoms with Gasteiger partial charge in [0.2, 0.25) is 0 Å². The molecule has 0 aliphatic rings. The summed E-state index contributed by atoms with van der Waals surface area (Å²) in [6.07, 6.45) is 9.56. The number of pyridine rings is 1. The molecule has 0 saturated heterocycles. The number of hydrogen-bond acceptors (Lipinski definition) is 5. The second-order valence-corrected chi connectivity index (χ2v) is 3.53. The van der Waals surface area contributed by atoms with Crippen LogP contribution < -0.4 is 0 Å². The van der Waals surface area contributed by atoms with Crippen molar-refractivity contribution < 1.29 is 0 Å². The Morgan fingerprint density at radius 1 is 0.889 bits per heavy atom. The maximum absolute atomic E-state index is 4.29. The van der Waals surface area contributed by atoms with Gasteiger partial charge in [-0.25, -0.2) is 9.97 Å². The van der Waals surface area contributed by atoms with Crippen LogP contribution in [0.2, 0.25) is 0 Å². The van der Waals surface area contributed by atoms with Crippen LogP contribution in [0.3, 0.4) is 0 Å². The van der Waals surface area contributed by atoms with E-state index in [1.807, 2.05) is 18.2 Å². The molecule has 3 rings (SSSR count). The molecule has 5 nitrogen and oxygen atoms in total. The standard InChI is InChI=1S/C13H8N5/c1-2-5-14-12(4-1)10-8-17-18-9-11(10)13-15-6-3-7-16-13/h1-8H. The second-order valence-electron chi connectivity index (χ2n) is 3.53. The van der Waals surface area contributed by atoms with E-state index in [9.17, 15) is 0 Å². The minimum Gasteiger partial charge on any atom is -0.256 e. The third-order valence-corrected chi connectivity index (χ3v) is 2.41. The van der Waals surface area contributed by atoms with Crippen molar-refractivity contribution >= 4 is 0 Å². The smallest absolute Gasteiger partial charge is 0.162 e. The van der Waals surface area contributed by atoms with Crippen LogP contribution >= 0.6 is 0 Å². The van der Waals surface area contributed by atoms with E-state index in [1.165, 1.54) is 0 Å². The third kappa shape index (κ3) is 1.93. The summed E-state index contributed by atoms with van der Waals surface area (Å²) in [5, 5.41) is 7.61. The summed E-state index contributed by atoms with van der Waals surface area (Å²) in [5.74, 6) is 0.563. The zero-order chi connectivity index (χ0) is 12.2. The minimum absolute atomic E-state index is 0.563. The van der Waals surface area contributed by atoms with Crippen LogP contribution in [0.4, 0.5) is 0 Å². The fraction of sp³-hybridized carbons (Fsp3) is 0. The van der Waals surface area contributed by atoms with Gasteiger partial charge in [-0.05, 0) is 18.2 Å². The molecule has 0 aromatic carbocycles. The highest BCUT2D eigenvalue weighted by Gasteiger charge is 2.11. The van der Waals surface area contributed by atoms with Gasteiger partial charge >= 0.3 is 0 Å². The number of nitrogens with zero attached hydrogens (tertiary/aromatic N) is 5. The third-order valence-electron chi connectivity index (χ3n) is 2.41. The monoisotopic (exact) mass is 234 g/mol. The molecule has 0 unspecified atom stereocenters. The highest BCUT2D eigenvalue weighted by molar-refractivity contribution is 5.76. The van der Waals surface area contributed by atoms with E-state index in [-0.39, 0.29) is 0 Å². The summed E-state index contributed by atoms with van der Waals surface area (Å²) in [7, 11) is 0. The first-order valence-electron chi connectivity index (χ1n) is 5.37. The largest absolute Gasteiger partial charge is 0.256 e. The molecule has 5 heteroatoms. The van der Waals surface area contributed by atoms with E-state index in [1.54, 1.807) is 30.9 Å². The van der Waals surface area contributed by atoms with E-state index < -0.39 is 0 Å². The van der Waals surface area contributed by atoms with Crippen molar-refractivity contribution in [3.63, 3.8) is 0 Å². The fourth-order valence-corrected chi connectivity index (χ4v) is 1.61. The van der Waals surface area contributed by atoms with Crippen molar-refractivity contribution in [2.24, 2.45) is 0 Å². The van der Waals surface area contributed by atoms with Gasteiger partial charge in [0.25, 0.3) is 0 Å². The Bertz CT molecular complexity index is 581. The summed E-state index contributed by atoms with van der Waals surface area (Å²) in [6.45, 7) is 0. The molecule has 0 saturated carbocycles. The maximum Gasteiger partial charge on any atom is 0.162 e. The molecule has 85 valence electrons. The molecule has 0 aliphatic heterocycles. The van der Waals surface area contributed by atoms with Crippen molar-refractivity contribution in [3.05, 3.63) is 55.2 Å². The van der Waals surface area contributed by atoms with Crippen LogP contribution in [0.1, 0.15) is 0 Å². The van der Waals surface area contributed by atoms with E-state index in [2.05, 4.69) is 31.3 Å². The first-order valence-corrected chi connectivity index (χ1v) is 5.37. The van der Waals surface area contributed by atoms with Crippen molar-refractivity contribution in [2.75, 3.05) is 0 Å². The Labute approximate surface area is 104 Å². The SMILES string of the molecule is [c]1nncc(-c2ccccn2)c1-c1ncccn1. The minimum atomic E-state index is 0.563. The molecular weight excluding hydrogens is 226 g/mol. The lowest BCUT2D eigenvalue weighted by atomic mass is 10.1. The van der Waals surface area contributed by atoms with Crippen LogP contribution in [0.15, 0.2) is 49.1 Å². The van der Waals surface area contributed by atoms with Gasteiger partial charge in [-0.3, -0.25) is 4.98 Å². The lowest BCUT2D eigenvalue weighted by Gasteiger charge is -2.05. The van der Waals surface area contributed by atoms with Crippen molar-refractivity contribution in [2.45, 2.75) is 0 Å². The molecule has 0 bridgehead atoms. The van der Waals surface area contributed by atoms with Crippen LogP contribution in [-0.2, 0) is 0 Å². The summed E-state index contributed by atoms with van der Waals surface area (Å²) in [5.41, 5.74) is 2.31. The van der Waals surface area contributed by atoms with Gasteiger partial charge in [-0.1, -0.05) is 6.07 Å². The van der Waals surface area contributed by atoms with Crippen LogP contribution in [0.5, 0.6) is 0 Å². The first-order chi connectivity index (χ1) is 8.95. The lowest BCUT2D eigenvalue weighted by molar-refractivity contribution is 1.02. The quantitative estimate of drug-likeness (QED) is 0.676. The molecule has 0 amide bonds. The van der Waals surface area contributed by atoms with Gasteiger partial charge in [0, 0.05) is 24.2 Å². The van der Waals surface area contributed by atoms with Gasteiger partial charge in [-0.2, -0.15) is 5.10 Å². The second kappa shape index (κ2) is 4.67. The predicted octanol–water partition coefficient (Wildman–Crippen LogP) is 1.80. The van der Waals surface area contributed by atoms with Gasteiger partial charge in [-0.15, -0.1) is 5.10 Å². The fourth-order valence-electron chi connectivity index (χ4n) is 1.61. The molecule has 18 heavy (non-hydrogen) atoms. The average Bonchev–Trinajstić information content (AvgIpc) is 2.49. The summed E-state index contributed by atoms with van der Waals surface area (Å²) < 4.78 is 0. The molecule has 0 spiro atoms. The van der Waals surface area contributed by atoms with E-state index >= 15 is 0 Å². The normalized spacial score (nSPS) is 10.2. The summed E-state index contributed by atoms with van der Waals surface area (Å²) in [4.78, 5) is 12.7. The molecule has 0 fully saturated rings. The van der Waals surface area contributed by atoms with Crippen LogP contribution in [0.25, 0.3) is 22.6 Å². The predicted molar refractivity (Wildman–Crippen MR) is 65.1 cm³/mol. The molecule has 0 aliphatic carbocycles. The maximum atomic E-state index is 4.29. The number of aromatic nitrogens is 5. The van der Waals surface area contributed by atoms with Gasteiger partial charge < -0.3 is 0 Å². The van der Waals surface area contributed by atoms with Crippen molar-refractivity contribution in [1.82, 2.24) is 25.1 Å². The van der Waals surface area contributed by atoms with E-state index in [0.717, 1.165) is 11.3 Å². The Kier molecular flexibility index (Phi) is 2.71. The van der Waals surface area contributed by atoms with Gasteiger partial charge in [0.15, 0.2) is 5.82 Å². The first kappa shape index (κ1) is 10.5. The Balaban J connectivity index is 2.18. The highest BCUT2D eigenvalue weighted by Crippen LogP contribution is 2.25. The Morgan fingerprint density at radius 2 is 1.72 bits per heavy atom.